The first-order chi connectivity index (χ1) is 12.7. The zero-order valence-electron chi connectivity index (χ0n) is 14.8. The van der Waals surface area contributed by atoms with Crippen LogP contribution in [-0.4, -0.2) is 45.6 Å². The highest BCUT2D eigenvalue weighted by molar-refractivity contribution is 6.39. The minimum absolute atomic E-state index is 0.0671. The van der Waals surface area contributed by atoms with Crippen LogP contribution in [0.2, 0.25) is 10.0 Å². The van der Waals surface area contributed by atoms with Crippen LogP contribution in [0.15, 0.2) is 12.1 Å². The number of benzene rings is 1. The number of aromatic nitrogens is 2. The normalized spacial score (nSPS) is 14.4. The summed E-state index contributed by atoms with van der Waals surface area (Å²) in [5, 5.41) is 14.9. The Labute approximate surface area is 165 Å². The van der Waals surface area contributed by atoms with Crippen molar-refractivity contribution in [3.05, 3.63) is 44.6 Å². The lowest BCUT2D eigenvalue weighted by Gasteiger charge is -2.19. The molecule has 0 atom stereocenters. The van der Waals surface area contributed by atoms with E-state index in [2.05, 4.69) is 5.10 Å². The average molecular weight is 418 g/mol. The second kappa shape index (κ2) is 7.73. The third-order valence-corrected chi connectivity index (χ3v) is 5.33. The van der Waals surface area contributed by atoms with Crippen LogP contribution in [0.1, 0.15) is 45.9 Å². The number of hydrogen-bond donors (Lipinski definition) is 1. The summed E-state index contributed by atoms with van der Waals surface area (Å²) in [7, 11) is 3.08. The molecule has 3 rings (SSSR count). The summed E-state index contributed by atoms with van der Waals surface area (Å²) < 4.78 is 26.4. The first-order valence-electron chi connectivity index (χ1n) is 8.44. The molecular formula is C18H19Cl2F2N3O2. The minimum atomic E-state index is -2.49. The average Bonchev–Trinajstić information content (AvgIpc) is 3.37. The molecule has 1 heterocycles. The summed E-state index contributed by atoms with van der Waals surface area (Å²) in [5.41, 5.74) is 1.24. The Bertz CT molecular complexity index is 882. The lowest BCUT2D eigenvalue weighted by Crippen LogP contribution is -2.24. The number of alkyl halides is 2. The van der Waals surface area contributed by atoms with Crippen LogP contribution in [-0.2, 0) is 13.6 Å². The molecule has 9 heteroatoms. The van der Waals surface area contributed by atoms with Gasteiger partial charge in [-0.25, -0.2) is 13.5 Å². The number of carbonyl (C=O) groups is 1. The van der Waals surface area contributed by atoms with Crippen molar-refractivity contribution in [3.63, 3.8) is 0 Å². The van der Waals surface area contributed by atoms with Gasteiger partial charge in [-0.15, -0.1) is 0 Å². The minimum Gasteiger partial charge on any atom is -0.493 e. The van der Waals surface area contributed by atoms with Gasteiger partial charge in [-0.3, -0.25) is 9.69 Å². The summed E-state index contributed by atoms with van der Waals surface area (Å²) in [6.45, 7) is -0.377. The predicted octanol–water partition coefficient (Wildman–Crippen LogP) is 4.24. The third kappa shape index (κ3) is 4.10. The predicted molar refractivity (Wildman–Crippen MR) is 99.1 cm³/mol. The number of aryl methyl sites for hydroxylation is 1. The standard InChI is InChI=1S/C18H19Cl2F2N3O2/c1-24(8-13(21)22)7-11-12(19)6-5-10(15(11)20)17(26)14-16(9-3-4-9)23-25(2)18(14)27/h5-6,9,13,27H,3-4,7-8H2,1-2H3. The molecule has 146 valence electrons. The van der Waals surface area contributed by atoms with E-state index in [4.69, 9.17) is 23.2 Å². The summed E-state index contributed by atoms with van der Waals surface area (Å²) in [6, 6.07) is 2.99. The molecule has 0 unspecified atom stereocenters. The molecule has 5 nitrogen and oxygen atoms in total. The van der Waals surface area contributed by atoms with E-state index >= 15 is 0 Å². The fourth-order valence-corrected chi connectivity index (χ4v) is 3.59. The fraction of sp³-hybridized carbons (Fsp3) is 0.444. The van der Waals surface area contributed by atoms with E-state index in [1.807, 2.05) is 0 Å². The second-order valence-corrected chi connectivity index (χ2v) is 7.57. The molecular weight excluding hydrogens is 399 g/mol. The van der Waals surface area contributed by atoms with E-state index in [0.29, 0.717) is 11.3 Å². The molecule has 1 saturated carbocycles. The van der Waals surface area contributed by atoms with Crippen molar-refractivity contribution >= 4 is 29.0 Å². The summed E-state index contributed by atoms with van der Waals surface area (Å²) in [4.78, 5) is 14.5. The molecule has 1 fully saturated rings. The van der Waals surface area contributed by atoms with Crippen molar-refractivity contribution in [3.8, 4) is 5.88 Å². The molecule has 0 amide bonds. The number of carbonyl (C=O) groups excluding carboxylic acids is 1. The first-order valence-corrected chi connectivity index (χ1v) is 9.20. The van der Waals surface area contributed by atoms with E-state index in [1.165, 1.54) is 28.8 Å². The van der Waals surface area contributed by atoms with Crippen LogP contribution < -0.4 is 0 Å². The Morgan fingerprint density at radius 1 is 1.41 bits per heavy atom. The third-order valence-electron chi connectivity index (χ3n) is 4.54. The zero-order valence-corrected chi connectivity index (χ0v) is 16.4. The van der Waals surface area contributed by atoms with Crippen LogP contribution >= 0.6 is 23.2 Å². The molecule has 0 saturated heterocycles. The molecule has 1 aromatic heterocycles. The van der Waals surface area contributed by atoms with Gasteiger partial charge >= 0.3 is 0 Å². The van der Waals surface area contributed by atoms with Gasteiger partial charge in [-0.05, 0) is 32.0 Å². The van der Waals surface area contributed by atoms with Crippen molar-refractivity contribution in [1.29, 1.82) is 0 Å². The maximum atomic E-state index is 13.1. The highest BCUT2D eigenvalue weighted by Gasteiger charge is 2.35. The van der Waals surface area contributed by atoms with Crippen molar-refractivity contribution in [2.24, 2.45) is 7.05 Å². The molecule has 0 bridgehead atoms. The highest BCUT2D eigenvalue weighted by Crippen LogP contribution is 2.44. The Morgan fingerprint density at radius 2 is 2.07 bits per heavy atom. The molecule has 2 aromatic rings. The van der Waals surface area contributed by atoms with E-state index in [9.17, 15) is 18.7 Å². The Morgan fingerprint density at radius 3 is 2.67 bits per heavy atom. The van der Waals surface area contributed by atoms with Gasteiger partial charge in [0.1, 0.15) is 5.56 Å². The van der Waals surface area contributed by atoms with Crippen LogP contribution in [0.3, 0.4) is 0 Å². The molecule has 27 heavy (non-hydrogen) atoms. The topological polar surface area (TPSA) is 58.4 Å². The SMILES string of the molecule is CN(Cc1c(Cl)ccc(C(=O)c2c(C3CC3)nn(C)c2O)c1Cl)CC(F)F. The number of nitrogens with zero attached hydrogens (tertiary/aromatic N) is 3. The quantitative estimate of drug-likeness (QED) is 0.684. The second-order valence-electron chi connectivity index (χ2n) is 6.79. The van der Waals surface area contributed by atoms with Crippen molar-refractivity contribution < 1.29 is 18.7 Å². The van der Waals surface area contributed by atoms with Crippen LogP contribution in [0.5, 0.6) is 5.88 Å². The van der Waals surface area contributed by atoms with Gasteiger partial charge in [0.05, 0.1) is 17.3 Å². The van der Waals surface area contributed by atoms with Crippen molar-refractivity contribution in [2.45, 2.75) is 31.7 Å². The number of aromatic hydroxyl groups is 1. The van der Waals surface area contributed by atoms with Crippen molar-refractivity contribution in [2.75, 3.05) is 13.6 Å². The number of halogens is 4. The molecule has 1 aliphatic carbocycles. The maximum absolute atomic E-state index is 13.1. The van der Waals surface area contributed by atoms with E-state index in [0.717, 1.165) is 12.8 Å². The first kappa shape index (κ1) is 20.0. The van der Waals surface area contributed by atoms with Crippen molar-refractivity contribution in [1.82, 2.24) is 14.7 Å². The number of rotatable bonds is 7. The smallest absolute Gasteiger partial charge is 0.251 e. The van der Waals surface area contributed by atoms with Gasteiger partial charge in [0.15, 0.2) is 0 Å². The lowest BCUT2D eigenvalue weighted by atomic mass is 9.99. The molecule has 1 aromatic carbocycles. The van der Waals surface area contributed by atoms with Gasteiger partial charge in [-0.2, -0.15) is 5.10 Å². The zero-order chi connectivity index (χ0) is 19.9. The highest BCUT2D eigenvalue weighted by atomic mass is 35.5. The van der Waals surface area contributed by atoms with Gasteiger partial charge in [0.2, 0.25) is 11.7 Å². The monoisotopic (exact) mass is 417 g/mol. The fourth-order valence-electron chi connectivity index (χ4n) is 3.02. The van der Waals surface area contributed by atoms with Crippen LogP contribution in [0, 0.1) is 0 Å². The summed E-state index contributed by atoms with van der Waals surface area (Å²) >= 11 is 12.6. The summed E-state index contributed by atoms with van der Waals surface area (Å²) in [6.07, 6.45) is -0.672. The van der Waals surface area contributed by atoms with Gasteiger partial charge in [0.25, 0.3) is 6.43 Å². The molecule has 1 N–H and O–H groups in total. The molecule has 0 aliphatic heterocycles. The molecule has 1 aliphatic rings. The Balaban J connectivity index is 1.98. The van der Waals surface area contributed by atoms with E-state index < -0.39 is 18.8 Å². The maximum Gasteiger partial charge on any atom is 0.251 e. The largest absolute Gasteiger partial charge is 0.493 e. The van der Waals surface area contributed by atoms with Gasteiger partial charge < -0.3 is 5.11 Å². The Kier molecular flexibility index (Phi) is 5.74. The van der Waals surface area contributed by atoms with Gasteiger partial charge in [0, 0.05) is 35.7 Å². The summed E-state index contributed by atoms with van der Waals surface area (Å²) in [5.74, 6) is -0.523. The molecule has 0 spiro atoms. The van der Waals surface area contributed by atoms with Crippen LogP contribution in [0.25, 0.3) is 0 Å². The van der Waals surface area contributed by atoms with E-state index in [-0.39, 0.29) is 39.5 Å². The van der Waals surface area contributed by atoms with Crippen LogP contribution in [0.4, 0.5) is 8.78 Å². The Hall–Kier alpha value is -1.70. The molecule has 0 radical (unpaired) electrons. The lowest BCUT2D eigenvalue weighted by molar-refractivity contribution is 0.0972. The van der Waals surface area contributed by atoms with E-state index in [1.54, 1.807) is 7.05 Å². The van der Waals surface area contributed by atoms with Gasteiger partial charge in [-0.1, -0.05) is 23.2 Å². The number of ketones is 1. The number of hydrogen-bond acceptors (Lipinski definition) is 4.